The molecular weight excluding hydrogens is 1170 g/mol. The molecule has 2 aromatic heterocycles. The molecule has 0 bridgehead atoms. The normalized spacial score (nSPS) is 13.0. The van der Waals surface area contributed by atoms with Gasteiger partial charge in [-0.25, -0.2) is 4.98 Å². The van der Waals surface area contributed by atoms with Crippen LogP contribution in [0, 0.1) is 25.7 Å². The molecule has 0 fully saturated rings. The SMILES string of the molecule is [2H]c1c(Oc2[c-]c3c(c(-c4ccc(C(C)(C)C)cc4)c2)c2ccccc2n3-c2cc(C)c(-c3ccccc3)cn2)[c-]c(N2[CH-]N(c3c(-c4ccc(C(C)(C)C)cc4)cccc3-c3cccc(-c4ccccc4)c3)c3ccccc32)c([2H])c1[2H].[Pt]. The number of rotatable bonds is 10. The fraction of sp³-hybridized carbons (Fsp3) is 0.120. The molecular formula is C75H61N4OPt-3. The summed E-state index contributed by atoms with van der Waals surface area (Å²) in [5, 5.41) is 2.00. The van der Waals surface area contributed by atoms with E-state index in [1.54, 1.807) is 0 Å². The fourth-order valence-corrected chi connectivity index (χ4v) is 11.2. The summed E-state index contributed by atoms with van der Waals surface area (Å²) in [4.78, 5) is 9.23. The van der Waals surface area contributed by atoms with Crippen molar-refractivity contribution in [3.63, 3.8) is 0 Å². The van der Waals surface area contributed by atoms with E-state index in [0.717, 1.165) is 106 Å². The Balaban J connectivity index is 0.00000694. The third-order valence-corrected chi connectivity index (χ3v) is 15.4. The number of aromatic nitrogens is 2. The Labute approximate surface area is 495 Å². The second-order valence-corrected chi connectivity index (χ2v) is 22.8. The van der Waals surface area contributed by atoms with Gasteiger partial charge in [0.15, 0.2) is 0 Å². The minimum atomic E-state index is -0.290. The van der Waals surface area contributed by atoms with Gasteiger partial charge in [-0.3, -0.25) is 0 Å². The molecule has 5 nitrogen and oxygen atoms in total. The Kier molecular flexibility index (Phi) is 13.0. The third-order valence-electron chi connectivity index (χ3n) is 15.4. The quantitative estimate of drug-likeness (QED) is 0.128. The van der Waals surface area contributed by atoms with E-state index >= 15 is 0 Å². The molecule has 0 unspecified atom stereocenters. The van der Waals surface area contributed by atoms with Gasteiger partial charge in [-0.1, -0.05) is 228 Å². The summed E-state index contributed by atoms with van der Waals surface area (Å²) in [5.41, 5.74) is 18.4. The standard InChI is InChI=1S/C75H61N4O.Pt/c1-50-43-71(76-48-66(50)52-23-12-9-13-24-52)79-67-32-15-14-29-64(67)72-65(54-37-41-58(42-38-54)75(5,6)7)46-61(47-70(72)79)80-60-28-19-27-59(45-60)77-49-78(69-34-17-16-33-68(69)77)73-62(53-35-39-57(40-36-53)74(2,3)4)30-20-31-63(73)56-26-18-25-55(44-56)51-21-10-8-11-22-51;/h8-44,46,48-49H,1-7H3;/q-3;/i19D,27D,28D;. The first-order valence-electron chi connectivity index (χ1n) is 28.8. The zero-order valence-electron chi connectivity index (χ0n) is 49.4. The van der Waals surface area contributed by atoms with Gasteiger partial charge in [0.2, 0.25) is 0 Å². The Morgan fingerprint density at radius 1 is 0.494 bits per heavy atom. The molecule has 6 heteroatoms. The minimum absolute atomic E-state index is 0. The summed E-state index contributed by atoms with van der Waals surface area (Å²) >= 11 is 0. The summed E-state index contributed by atoms with van der Waals surface area (Å²) in [5.74, 6) is 1.04. The minimum Gasteiger partial charge on any atom is -0.509 e. The average molecular weight is 1230 g/mol. The topological polar surface area (TPSA) is 33.5 Å². The molecule has 81 heavy (non-hydrogen) atoms. The van der Waals surface area contributed by atoms with Crippen molar-refractivity contribution in [2.24, 2.45) is 0 Å². The molecule has 10 aromatic carbocycles. The van der Waals surface area contributed by atoms with Crippen molar-refractivity contribution in [3.8, 4) is 73.0 Å². The molecule has 0 N–H and O–H groups in total. The van der Waals surface area contributed by atoms with E-state index in [4.69, 9.17) is 9.72 Å². The molecule has 0 atom stereocenters. The van der Waals surface area contributed by atoms with Crippen LogP contribution in [-0.2, 0) is 31.9 Å². The fourth-order valence-electron chi connectivity index (χ4n) is 11.2. The van der Waals surface area contributed by atoms with Crippen LogP contribution in [0.5, 0.6) is 11.5 Å². The second kappa shape index (κ2) is 21.4. The summed E-state index contributed by atoms with van der Waals surface area (Å²) < 4.78 is 37.6. The maximum atomic E-state index is 9.61. The van der Waals surface area contributed by atoms with Crippen molar-refractivity contribution in [2.45, 2.75) is 59.3 Å². The van der Waals surface area contributed by atoms with Crippen LogP contribution in [0.4, 0.5) is 22.7 Å². The van der Waals surface area contributed by atoms with Crippen molar-refractivity contribution in [1.82, 2.24) is 9.55 Å². The number of para-hydroxylation sites is 4. The van der Waals surface area contributed by atoms with E-state index in [0.29, 0.717) is 5.75 Å². The van der Waals surface area contributed by atoms with Crippen molar-refractivity contribution in [2.75, 3.05) is 9.80 Å². The van der Waals surface area contributed by atoms with Gasteiger partial charge in [-0.05, 0) is 106 Å². The number of pyridine rings is 1. The van der Waals surface area contributed by atoms with Gasteiger partial charge in [0, 0.05) is 79.4 Å². The van der Waals surface area contributed by atoms with Crippen LogP contribution in [0.15, 0.2) is 237 Å². The van der Waals surface area contributed by atoms with Gasteiger partial charge >= 0.3 is 0 Å². The van der Waals surface area contributed by atoms with Crippen LogP contribution < -0.4 is 14.5 Å². The first-order chi connectivity index (χ1) is 40.1. The number of ether oxygens (including phenoxy) is 1. The van der Waals surface area contributed by atoms with E-state index < -0.39 is 0 Å². The Bertz CT molecular complexity index is 4450. The number of anilines is 4. The molecule has 3 heterocycles. The summed E-state index contributed by atoms with van der Waals surface area (Å²) in [6.45, 7) is 17.4. The molecule has 0 aliphatic carbocycles. The average Bonchev–Trinajstić information content (AvgIpc) is 2.12. The molecule has 1 aliphatic rings. The molecule has 1 aliphatic heterocycles. The number of nitrogens with zero attached hydrogens (tertiary/aromatic N) is 4. The van der Waals surface area contributed by atoms with Crippen LogP contribution in [0.1, 0.15) is 62.3 Å². The molecule has 400 valence electrons. The Morgan fingerprint density at radius 2 is 1.05 bits per heavy atom. The first kappa shape index (κ1) is 49.3. The van der Waals surface area contributed by atoms with E-state index in [2.05, 4.69) is 228 Å². The monoisotopic (exact) mass is 1230 g/mol. The van der Waals surface area contributed by atoms with E-state index in [1.807, 2.05) is 72.4 Å². The number of fused-ring (bicyclic) bond motifs is 4. The van der Waals surface area contributed by atoms with Crippen LogP contribution in [-0.4, -0.2) is 9.55 Å². The Morgan fingerprint density at radius 3 is 1.72 bits per heavy atom. The molecule has 0 amide bonds. The van der Waals surface area contributed by atoms with Gasteiger partial charge in [-0.15, -0.1) is 48.2 Å². The first-order valence-corrected chi connectivity index (χ1v) is 27.3. The Hall–Kier alpha value is -8.76. The molecule has 0 radical (unpaired) electrons. The van der Waals surface area contributed by atoms with Gasteiger partial charge in [0.05, 0.1) is 0 Å². The number of aryl methyl sites for hydroxylation is 1. The summed E-state index contributed by atoms with van der Waals surface area (Å²) in [6.07, 6.45) is 1.94. The zero-order chi connectivity index (χ0) is 57.3. The van der Waals surface area contributed by atoms with Crippen molar-refractivity contribution >= 4 is 44.6 Å². The summed E-state index contributed by atoms with van der Waals surface area (Å²) in [7, 11) is 0. The van der Waals surface area contributed by atoms with E-state index in [1.165, 1.54) is 11.1 Å². The number of hydrogen-bond acceptors (Lipinski definition) is 4. The zero-order valence-corrected chi connectivity index (χ0v) is 48.6. The predicted molar refractivity (Wildman–Crippen MR) is 334 cm³/mol. The van der Waals surface area contributed by atoms with Crippen molar-refractivity contribution < 1.29 is 29.9 Å². The van der Waals surface area contributed by atoms with Crippen LogP contribution in [0.2, 0.25) is 0 Å². The van der Waals surface area contributed by atoms with Gasteiger partial charge in [0.25, 0.3) is 0 Å². The van der Waals surface area contributed by atoms with E-state index in [9.17, 15) is 4.11 Å². The molecule has 0 saturated carbocycles. The van der Waals surface area contributed by atoms with Crippen LogP contribution in [0.25, 0.3) is 83.3 Å². The molecule has 0 saturated heterocycles. The largest absolute Gasteiger partial charge is 0.509 e. The number of hydrogen-bond donors (Lipinski definition) is 0. The van der Waals surface area contributed by atoms with Gasteiger partial charge in [-0.2, -0.15) is 6.04 Å². The molecule has 12 aromatic rings. The predicted octanol–water partition coefficient (Wildman–Crippen LogP) is 20.2. The van der Waals surface area contributed by atoms with Crippen LogP contribution >= 0.6 is 0 Å². The maximum absolute atomic E-state index is 9.61. The second-order valence-electron chi connectivity index (χ2n) is 22.8. The van der Waals surface area contributed by atoms with E-state index in [-0.39, 0.29) is 61.5 Å². The van der Waals surface area contributed by atoms with Gasteiger partial charge < -0.3 is 19.1 Å². The maximum Gasteiger partial charge on any atom is 0.135 e. The van der Waals surface area contributed by atoms with Crippen molar-refractivity contribution in [1.29, 1.82) is 0 Å². The van der Waals surface area contributed by atoms with Crippen LogP contribution in [0.3, 0.4) is 0 Å². The van der Waals surface area contributed by atoms with Gasteiger partial charge in [0.1, 0.15) is 5.82 Å². The smallest absolute Gasteiger partial charge is 0.135 e. The molecule has 0 spiro atoms. The summed E-state index contributed by atoms with van der Waals surface area (Å²) in [6, 6.07) is 80.4. The molecule has 13 rings (SSSR count). The third kappa shape index (κ3) is 10.1. The number of benzene rings is 10. The van der Waals surface area contributed by atoms with Crippen molar-refractivity contribution in [3.05, 3.63) is 272 Å².